The number of aromatic nitrogens is 1. The van der Waals surface area contributed by atoms with Gasteiger partial charge in [-0.1, -0.05) is 0 Å². The molecule has 0 aliphatic carbocycles. The van der Waals surface area contributed by atoms with E-state index < -0.39 is 0 Å². The molecule has 1 atom stereocenters. The Kier molecular flexibility index (Phi) is 2.67. The van der Waals surface area contributed by atoms with Gasteiger partial charge in [-0.15, -0.1) is 0 Å². The lowest BCUT2D eigenvalue weighted by Gasteiger charge is -2.44. The second kappa shape index (κ2) is 4.03. The Balaban J connectivity index is 1.96. The Hall–Kier alpha value is -0.560. The summed E-state index contributed by atoms with van der Waals surface area (Å²) in [5.41, 5.74) is 1.21. The predicted molar refractivity (Wildman–Crippen MR) is 71.1 cm³/mol. The molecule has 1 fully saturated rings. The van der Waals surface area contributed by atoms with Gasteiger partial charge in [0.1, 0.15) is 10.3 Å². The van der Waals surface area contributed by atoms with Crippen LogP contribution < -0.4 is 9.64 Å². The SMILES string of the molecule is CN1CCN2c3cc(I)ncc3OCC2C1. The van der Waals surface area contributed by atoms with Crippen LogP contribution in [0.1, 0.15) is 0 Å². The summed E-state index contributed by atoms with van der Waals surface area (Å²) in [5.74, 6) is 0.932. The van der Waals surface area contributed by atoms with E-state index >= 15 is 0 Å². The summed E-state index contributed by atoms with van der Waals surface area (Å²) in [7, 11) is 2.17. The largest absolute Gasteiger partial charge is 0.488 e. The van der Waals surface area contributed by atoms with E-state index in [2.05, 4.69) is 50.5 Å². The van der Waals surface area contributed by atoms with Crippen molar-refractivity contribution in [1.29, 1.82) is 0 Å². The van der Waals surface area contributed by atoms with Gasteiger partial charge in [-0.2, -0.15) is 0 Å². The molecule has 1 aromatic rings. The van der Waals surface area contributed by atoms with E-state index in [0.29, 0.717) is 6.04 Å². The number of hydrogen-bond donors (Lipinski definition) is 0. The maximum Gasteiger partial charge on any atom is 0.161 e. The van der Waals surface area contributed by atoms with Gasteiger partial charge >= 0.3 is 0 Å². The monoisotopic (exact) mass is 331 g/mol. The van der Waals surface area contributed by atoms with Crippen LogP contribution in [0.2, 0.25) is 0 Å². The van der Waals surface area contributed by atoms with E-state index in [1.807, 2.05) is 6.20 Å². The summed E-state index contributed by atoms with van der Waals surface area (Å²) >= 11 is 2.25. The van der Waals surface area contributed by atoms with Crippen molar-refractivity contribution in [2.45, 2.75) is 6.04 Å². The quantitative estimate of drug-likeness (QED) is 0.528. The summed E-state index contributed by atoms with van der Waals surface area (Å²) in [6.07, 6.45) is 1.84. The Morgan fingerprint density at radius 1 is 1.50 bits per heavy atom. The topological polar surface area (TPSA) is 28.6 Å². The fourth-order valence-electron chi connectivity index (χ4n) is 2.40. The number of nitrogens with zero attached hydrogens (tertiary/aromatic N) is 3. The highest BCUT2D eigenvalue weighted by Crippen LogP contribution is 2.35. The first-order valence-corrected chi connectivity index (χ1v) is 6.55. The zero-order valence-electron chi connectivity index (χ0n) is 9.19. The summed E-state index contributed by atoms with van der Waals surface area (Å²) in [6, 6.07) is 2.61. The van der Waals surface area contributed by atoms with Gasteiger partial charge in [-0.3, -0.25) is 0 Å². The number of anilines is 1. The summed E-state index contributed by atoms with van der Waals surface area (Å²) < 4.78 is 6.79. The van der Waals surface area contributed by atoms with Gasteiger partial charge < -0.3 is 14.5 Å². The summed E-state index contributed by atoms with van der Waals surface area (Å²) in [5, 5.41) is 0. The number of likely N-dealkylation sites (N-methyl/N-ethyl adjacent to an activating group) is 1. The molecule has 1 unspecified atom stereocenters. The molecule has 86 valence electrons. The Morgan fingerprint density at radius 2 is 2.38 bits per heavy atom. The first kappa shape index (κ1) is 10.6. The van der Waals surface area contributed by atoms with Crippen LogP contribution in [0.15, 0.2) is 12.3 Å². The average molecular weight is 331 g/mol. The number of ether oxygens (including phenoxy) is 1. The number of pyridine rings is 1. The molecular weight excluding hydrogens is 317 g/mol. The molecule has 1 aromatic heterocycles. The van der Waals surface area contributed by atoms with Gasteiger partial charge in [-0.05, 0) is 35.7 Å². The van der Waals surface area contributed by atoms with E-state index in [4.69, 9.17) is 4.74 Å². The maximum atomic E-state index is 5.76. The van der Waals surface area contributed by atoms with Gasteiger partial charge in [0, 0.05) is 19.6 Å². The Bertz CT molecular complexity index is 412. The van der Waals surface area contributed by atoms with Crippen LogP contribution in [-0.4, -0.2) is 49.2 Å². The van der Waals surface area contributed by atoms with E-state index in [1.54, 1.807) is 0 Å². The lowest BCUT2D eigenvalue weighted by Crippen LogP contribution is -2.56. The van der Waals surface area contributed by atoms with Crippen molar-refractivity contribution in [1.82, 2.24) is 9.88 Å². The highest BCUT2D eigenvalue weighted by Gasteiger charge is 2.31. The number of piperazine rings is 1. The molecule has 0 N–H and O–H groups in total. The maximum absolute atomic E-state index is 5.76. The fraction of sp³-hybridized carbons (Fsp3) is 0.545. The van der Waals surface area contributed by atoms with Crippen LogP contribution in [0.4, 0.5) is 5.69 Å². The van der Waals surface area contributed by atoms with Crippen molar-refractivity contribution in [3.63, 3.8) is 0 Å². The van der Waals surface area contributed by atoms with Gasteiger partial charge in [0.2, 0.25) is 0 Å². The second-order valence-electron chi connectivity index (χ2n) is 4.40. The van der Waals surface area contributed by atoms with E-state index in [0.717, 1.165) is 35.7 Å². The lowest BCUT2D eigenvalue weighted by atomic mass is 10.1. The highest BCUT2D eigenvalue weighted by molar-refractivity contribution is 14.1. The molecule has 0 amide bonds. The van der Waals surface area contributed by atoms with Crippen molar-refractivity contribution >= 4 is 28.3 Å². The second-order valence-corrected chi connectivity index (χ2v) is 5.50. The van der Waals surface area contributed by atoms with E-state index in [-0.39, 0.29) is 0 Å². The molecule has 0 spiro atoms. The van der Waals surface area contributed by atoms with E-state index in [9.17, 15) is 0 Å². The van der Waals surface area contributed by atoms with Crippen LogP contribution in [0, 0.1) is 3.70 Å². The molecule has 3 heterocycles. The molecule has 0 saturated carbocycles. The number of hydrogen-bond acceptors (Lipinski definition) is 4. The third kappa shape index (κ3) is 1.75. The first-order chi connectivity index (χ1) is 7.74. The molecule has 5 heteroatoms. The molecule has 2 aliphatic heterocycles. The van der Waals surface area contributed by atoms with E-state index in [1.165, 1.54) is 5.69 Å². The van der Waals surface area contributed by atoms with Crippen molar-refractivity contribution in [2.24, 2.45) is 0 Å². The molecule has 1 saturated heterocycles. The van der Waals surface area contributed by atoms with Gasteiger partial charge in [0.05, 0.1) is 17.9 Å². The minimum absolute atomic E-state index is 0.490. The van der Waals surface area contributed by atoms with Gasteiger partial charge in [0.25, 0.3) is 0 Å². The molecule has 0 radical (unpaired) electrons. The third-order valence-corrected chi connectivity index (χ3v) is 3.83. The molecule has 3 rings (SSSR count). The average Bonchev–Trinajstić information content (AvgIpc) is 2.28. The van der Waals surface area contributed by atoms with Gasteiger partial charge in [-0.25, -0.2) is 4.98 Å². The molecule has 2 aliphatic rings. The van der Waals surface area contributed by atoms with Crippen LogP contribution >= 0.6 is 22.6 Å². The third-order valence-electron chi connectivity index (χ3n) is 3.24. The Labute approximate surface area is 109 Å². The molecule has 4 nitrogen and oxygen atoms in total. The van der Waals surface area contributed by atoms with Crippen molar-refractivity contribution in [2.75, 3.05) is 38.2 Å². The number of fused-ring (bicyclic) bond motifs is 3. The molecule has 0 aromatic carbocycles. The lowest BCUT2D eigenvalue weighted by molar-refractivity contribution is 0.188. The molecule has 16 heavy (non-hydrogen) atoms. The van der Waals surface area contributed by atoms with Crippen molar-refractivity contribution in [3.05, 3.63) is 16.0 Å². The van der Waals surface area contributed by atoms with Crippen LogP contribution in [-0.2, 0) is 0 Å². The standard InChI is InChI=1S/C11H14IN3O/c1-14-2-3-15-8(6-14)7-16-10-5-13-11(12)4-9(10)15/h4-5,8H,2-3,6-7H2,1H3. The molecular formula is C11H14IN3O. The first-order valence-electron chi connectivity index (χ1n) is 5.47. The van der Waals surface area contributed by atoms with Crippen LogP contribution in [0.25, 0.3) is 0 Å². The van der Waals surface area contributed by atoms with Crippen LogP contribution in [0.5, 0.6) is 5.75 Å². The van der Waals surface area contributed by atoms with Crippen molar-refractivity contribution in [3.8, 4) is 5.75 Å². The van der Waals surface area contributed by atoms with Gasteiger partial charge in [0.15, 0.2) is 5.75 Å². The normalized spacial score (nSPS) is 24.6. The summed E-state index contributed by atoms with van der Waals surface area (Å²) in [4.78, 5) is 9.09. The predicted octanol–water partition coefficient (Wildman–Crippen LogP) is 1.20. The summed E-state index contributed by atoms with van der Waals surface area (Å²) in [6.45, 7) is 4.06. The number of halogens is 1. The van der Waals surface area contributed by atoms with Crippen molar-refractivity contribution < 1.29 is 4.74 Å². The zero-order chi connectivity index (χ0) is 11.1. The minimum Gasteiger partial charge on any atom is -0.488 e. The van der Waals surface area contributed by atoms with Crippen LogP contribution in [0.3, 0.4) is 0 Å². The Morgan fingerprint density at radius 3 is 3.25 bits per heavy atom. The highest BCUT2D eigenvalue weighted by atomic mass is 127. The smallest absolute Gasteiger partial charge is 0.161 e. The number of rotatable bonds is 0. The zero-order valence-corrected chi connectivity index (χ0v) is 11.3. The minimum atomic E-state index is 0.490. The molecule has 0 bridgehead atoms. The fourth-order valence-corrected chi connectivity index (χ4v) is 2.83.